The summed E-state index contributed by atoms with van der Waals surface area (Å²) in [6, 6.07) is 26.9. The molecule has 0 saturated heterocycles. The summed E-state index contributed by atoms with van der Waals surface area (Å²) in [4.78, 5) is 4.97. The van der Waals surface area contributed by atoms with Crippen molar-refractivity contribution < 1.29 is 4.74 Å². The van der Waals surface area contributed by atoms with Gasteiger partial charge in [0.2, 0.25) is 0 Å². The van der Waals surface area contributed by atoms with Crippen LogP contribution in [0, 0.1) is 6.92 Å². The zero-order chi connectivity index (χ0) is 18.2. The van der Waals surface area contributed by atoms with Gasteiger partial charge in [-0.05, 0) is 0 Å². The van der Waals surface area contributed by atoms with E-state index in [1.165, 1.54) is 10.0 Å². The monoisotopic (exact) mass is 407 g/mol. The van der Waals surface area contributed by atoms with Gasteiger partial charge in [0, 0.05) is 0 Å². The molecule has 0 aliphatic carbocycles. The van der Waals surface area contributed by atoms with Crippen molar-refractivity contribution in [3.63, 3.8) is 0 Å². The molecule has 0 N–H and O–H groups in total. The molecule has 0 bridgehead atoms. The van der Waals surface area contributed by atoms with Crippen LogP contribution in [0.25, 0.3) is 0 Å². The molecule has 0 unspecified atom stereocenters. The number of para-hydroxylation sites is 1. The van der Waals surface area contributed by atoms with Gasteiger partial charge in [-0.15, -0.1) is 0 Å². The minimum absolute atomic E-state index is 0.0692. The van der Waals surface area contributed by atoms with Crippen molar-refractivity contribution in [3.05, 3.63) is 103 Å². The number of hydrogen-bond acceptors (Lipinski definition) is 2. The number of benzene rings is 3. The SMILES string of the molecule is C=CCOc1ccccc1C(=Nc1ccc(C)cc1)[Se]c1ccccc1. The quantitative estimate of drug-likeness (QED) is 0.318. The molecule has 2 nitrogen and oxygen atoms in total. The first-order valence-corrected chi connectivity index (χ1v) is 10.2. The van der Waals surface area contributed by atoms with E-state index in [9.17, 15) is 0 Å². The van der Waals surface area contributed by atoms with Crippen LogP contribution in [0.5, 0.6) is 5.75 Å². The van der Waals surface area contributed by atoms with Gasteiger partial charge in [-0.25, -0.2) is 0 Å². The number of rotatable bonds is 7. The summed E-state index contributed by atoms with van der Waals surface area (Å²) in [5.41, 5.74) is 3.23. The van der Waals surface area contributed by atoms with Crippen molar-refractivity contribution in [2.45, 2.75) is 6.92 Å². The average molecular weight is 406 g/mol. The molecule has 26 heavy (non-hydrogen) atoms. The van der Waals surface area contributed by atoms with Gasteiger partial charge in [0.15, 0.2) is 0 Å². The van der Waals surface area contributed by atoms with Gasteiger partial charge in [-0.2, -0.15) is 0 Å². The van der Waals surface area contributed by atoms with Crippen LogP contribution in [0.15, 0.2) is 96.5 Å². The minimum atomic E-state index is 0.0692. The van der Waals surface area contributed by atoms with Crippen LogP contribution in [-0.4, -0.2) is 26.2 Å². The van der Waals surface area contributed by atoms with E-state index in [-0.39, 0.29) is 15.0 Å². The molecule has 0 aromatic heterocycles. The van der Waals surface area contributed by atoms with Gasteiger partial charge in [-0.3, -0.25) is 0 Å². The Labute approximate surface area is 161 Å². The zero-order valence-corrected chi connectivity index (χ0v) is 16.5. The van der Waals surface area contributed by atoms with Crippen LogP contribution in [0.1, 0.15) is 11.1 Å². The van der Waals surface area contributed by atoms with Crippen molar-refractivity contribution >= 4 is 29.7 Å². The van der Waals surface area contributed by atoms with E-state index >= 15 is 0 Å². The normalized spacial score (nSPS) is 11.2. The third kappa shape index (κ3) is 4.95. The van der Waals surface area contributed by atoms with E-state index in [2.05, 4.69) is 68.1 Å². The molecule has 3 rings (SSSR count). The molecule has 0 amide bonds. The van der Waals surface area contributed by atoms with Crippen molar-refractivity contribution in [2.24, 2.45) is 4.99 Å². The van der Waals surface area contributed by atoms with Crippen molar-refractivity contribution in [1.82, 2.24) is 0 Å². The van der Waals surface area contributed by atoms with Crippen molar-refractivity contribution in [3.8, 4) is 5.75 Å². The summed E-state index contributed by atoms with van der Waals surface area (Å²) in [5, 5.41) is 0. The van der Waals surface area contributed by atoms with E-state index in [0.29, 0.717) is 6.61 Å². The Kier molecular flexibility index (Phi) is 6.43. The van der Waals surface area contributed by atoms with Crippen molar-refractivity contribution in [1.29, 1.82) is 0 Å². The Morgan fingerprint density at radius 1 is 0.962 bits per heavy atom. The number of aliphatic imine (C=N–C) groups is 1. The topological polar surface area (TPSA) is 21.6 Å². The molecule has 3 aromatic rings. The molecule has 0 heterocycles. The molecular formula is C23H21NOSe. The van der Waals surface area contributed by atoms with Crippen LogP contribution in [0.3, 0.4) is 0 Å². The van der Waals surface area contributed by atoms with E-state index in [0.717, 1.165) is 21.6 Å². The molecule has 0 spiro atoms. The van der Waals surface area contributed by atoms with Gasteiger partial charge in [0.1, 0.15) is 0 Å². The van der Waals surface area contributed by atoms with Gasteiger partial charge in [-0.1, -0.05) is 0 Å². The van der Waals surface area contributed by atoms with Gasteiger partial charge >= 0.3 is 161 Å². The number of aryl methyl sites for hydroxylation is 1. The van der Waals surface area contributed by atoms with Crippen LogP contribution >= 0.6 is 0 Å². The van der Waals surface area contributed by atoms with E-state index in [1.807, 2.05) is 24.3 Å². The molecular weight excluding hydrogens is 385 g/mol. The first kappa shape index (κ1) is 18.2. The summed E-state index contributed by atoms with van der Waals surface area (Å²) >= 11 is 0.0692. The summed E-state index contributed by atoms with van der Waals surface area (Å²) < 4.78 is 8.20. The van der Waals surface area contributed by atoms with Crippen LogP contribution in [0.2, 0.25) is 0 Å². The molecule has 0 atom stereocenters. The Morgan fingerprint density at radius 3 is 2.38 bits per heavy atom. The molecule has 0 radical (unpaired) electrons. The van der Waals surface area contributed by atoms with Gasteiger partial charge in [0.05, 0.1) is 0 Å². The second kappa shape index (κ2) is 9.19. The Bertz CT molecular complexity index is 886. The van der Waals surface area contributed by atoms with E-state index < -0.39 is 0 Å². The molecule has 0 aliphatic heterocycles. The van der Waals surface area contributed by atoms with Gasteiger partial charge < -0.3 is 0 Å². The fraction of sp³-hybridized carbons (Fsp3) is 0.0870. The first-order valence-electron chi connectivity index (χ1n) is 8.47. The fourth-order valence-corrected chi connectivity index (χ4v) is 4.38. The summed E-state index contributed by atoms with van der Waals surface area (Å²) in [6.07, 6.45) is 1.76. The second-order valence-electron chi connectivity index (χ2n) is 5.76. The number of ether oxygens (including phenoxy) is 1. The number of nitrogens with zero attached hydrogens (tertiary/aromatic N) is 1. The second-order valence-corrected chi connectivity index (χ2v) is 7.99. The molecule has 0 fully saturated rings. The fourth-order valence-electron chi connectivity index (χ4n) is 2.39. The molecule has 130 valence electrons. The summed E-state index contributed by atoms with van der Waals surface area (Å²) in [5.74, 6) is 0.844. The van der Waals surface area contributed by atoms with Crippen LogP contribution in [-0.2, 0) is 0 Å². The summed E-state index contributed by atoms with van der Waals surface area (Å²) in [6.45, 7) is 6.31. The zero-order valence-electron chi connectivity index (χ0n) is 14.8. The Morgan fingerprint density at radius 2 is 1.65 bits per heavy atom. The third-order valence-electron chi connectivity index (χ3n) is 3.70. The summed E-state index contributed by atoms with van der Waals surface area (Å²) in [7, 11) is 0. The third-order valence-corrected chi connectivity index (χ3v) is 5.82. The molecule has 3 heteroatoms. The van der Waals surface area contributed by atoms with E-state index in [4.69, 9.17) is 9.73 Å². The van der Waals surface area contributed by atoms with Crippen LogP contribution in [0.4, 0.5) is 5.69 Å². The predicted octanol–water partition coefficient (Wildman–Crippen LogP) is 4.67. The Balaban J connectivity index is 2.03. The molecule has 0 aliphatic rings. The Hall–Kier alpha value is -2.61. The maximum absolute atomic E-state index is 5.87. The number of hydrogen-bond donors (Lipinski definition) is 0. The first-order chi connectivity index (χ1) is 12.8. The van der Waals surface area contributed by atoms with Crippen molar-refractivity contribution in [2.75, 3.05) is 6.61 Å². The van der Waals surface area contributed by atoms with Crippen LogP contribution < -0.4 is 9.20 Å². The predicted molar refractivity (Wildman–Crippen MR) is 111 cm³/mol. The maximum atomic E-state index is 5.87. The molecule has 0 saturated carbocycles. The molecule has 3 aromatic carbocycles. The van der Waals surface area contributed by atoms with E-state index in [1.54, 1.807) is 6.08 Å². The average Bonchev–Trinajstić information content (AvgIpc) is 2.68. The standard InChI is InChI=1S/C23H21NOSe/c1-3-17-25-22-12-8-7-11-21(22)23(26-20-9-5-4-6-10-20)24-19-15-13-18(2)14-16-19/h3-16H,1,17H2,2H3. The van der Waals surface area contributed by atoms with Gasteiger partial charge in [0.25, 0.3) is 0 Å².